The second kappa shape index (κ2) is 7.23. The van der Waals surface area contributed by atoms with Gasteiger partial charge in [0.05, 0.1) is 0 Å². The molecule has 2 aromatic carbocycles. The normalized spacial score (nSPS) is 12.6. The molecule has 0 aliphatic heterocycles. The fourth-order valence-electron chi connectivity index (χ4n) is 2.67. The fraction of sp³-hybridized carbons (Fsp3) is 0.389. The molecule has 1 atom stereocenters. The molecule has 3 N–H and O–H groups in total. The Morgan fingerprint density at radius 2 is 1.86 bits per heavy atom. The Morgan fingerprint density at radius 1 is 1.14 bits per heavy atom. The van der Waals surface area contributed by atoms with Crippen molar-refractivity contribution in [3.8, 4) is 0 Å². The van der Waals surface area contributed by atoms with Crippen molar-refractivity contribution in [3.05, 3.63) is 42.5 Å². The van der Waals surface area contributed by atoms with Gasteiger partial charge in [0.1, 0.15) is 0 Å². The second-order valence-electron chi connectivity index (χ2n) is 6.05. The molecule has 3 heteroatoms. The van der Waals surface area contributed by atoms with Crippen molar-refractivity contribution < 1.29 is 4.79 Å². The van der Waals surface area contributed by atoms with E-state index < -0.39 is 0 Å². The van der Waals surface area contributed by atoms with E-state index in [1.807, 2.05) is 36.4 Å². The summed E-state index contributed by atoms with van der Waals surface area (Å²) in [5, 5.41) is 5.29. The summed E-state index contributed by atoms with van der Waals surface area (Å²) in [5.41, 5.74) is 6.60. The lowest BCUT2D eigenvalue weighted by molar-refractivity contribution is -0.117. The summed E-state index contributed by atoms with van der Waals surface area (Å²) in [6, 6.07) is 14.1. The van der Waals surface area contributed by atoms with Gasteiger partial charge in [-0.3, -0.25) is 4.79 Å². The highest BCUT2D eigenvalue weighted by Gasteiger charge is 2.14. The van der Waals surface area contributed by atoms with Crippen molar-refractivity contribution in [2.24, 2.45) is 17.6 Å². The van der Waals surface area contributed by atoms with E-state index in [4.69, 9.17) is 5.73 Å². The number of nitrogens with one attached hydrogen (secondary N) is 1. The van der Waals surface area contributed by atoms with Gasteiger partial charge in [0.25, 0.3) is 0 Å². The van der Waals surface area contributed by atoms with Crippen LogP contribution in [0.5, 0.6) is 0 Å². The zero-order valence-corrected chi connectivity index (χ0v) is 12.8. The molecular weight excluding hydrogens is 260 g/mol. The molecule has 0 aromatic heterocycles. The van der Waals surface area contributed by atoms with E-state index in [-0.39, 0.29) is 11.8 Å². The molecule has 0 aliphatic rings. The van der Waals surface area contributed by atoms with Crippen LogP contribution in [0.15, 0.2) is 42.5 Å². The van der Waals surface area contributed by atoms with Crippen LogP contribution in [0, 0.1) is 11.8 Å². The van der Waals surface area contributed by atoms with Crippen molar-refractivity contribution in [3.63, 3.8) is 0 Å². The smallest absolute Gasteiger partial charge is 0.224 e. The van der Waals surface area contributed by atoms with Crippen molar-refractivity contribution >= 4 is 22.4 Å². The first-order valence-corrected chi connectivity index (χ1v) is 7.57. The van der Waals surface area contributed by atoms with Crippen molar-refractivity contribution in [2.75, 3.05) is 11.9 Å². The van der Waals surface area contributed by atoms with E-state index in [0.29, 0.717) is 18.9 Å². The summed E-state index contributed by atoms with van der Waals surface area (Å²) in [6.07, 6.45) is 1.48. The maximum atomic E-state index is 12.1. The SMILES string of the molecule is CC(C)CC(CN)CC(=O)Nc1ccc2ccccc2c1. The van der Waals surface area contributed by atoms with Crippen molar-refractivity contribution in [2.45, 2.75) is 26.7 Å². The van der Waals surface area contributed by atoms with Gasteiger partial charge in [-0.25, -0.2) is 0 Å². The molecule has 0 saturated heterocycles. The van der Waals surface area contributed by atoms with E-state index in [2.05, 4.69) is 25.2 Å². The number of hydrogen-bond acceptors (Lipinski definition) is 2. The number of fused-ring (bicyclic) bond motifs is 1. The van der Waals surface area contributed by atoms with Crippen LogP contribution in [0.25, 0.3) is 10.8 Å². The number of amides is 1. The molecule has 1 amide bonds. The molecule has 2 rings (SSSR count). The predicted molar refractivity (Wildman–Crippen MR) is 89.2 cm³/mol. The van der Waals surface area contributed by atoms with E-state index in [1.54, 1.807) is 0 Å². The number of nitrogens with two attached hydrogens (primary N) is 1. The van der Waals surface area contributed by atoms with Gasteiger partial charge in [-0.05, 0) is 47.7 Å². The molecule has 0 radical (unpaired) electrons. The van der Waals surface area contributed by atoms with Gasteiger partial charge in [0.2, 0.25) is 5.91 Å². The van der Waals surface area contributed by atoms with E-state index in [0.717, 1.165) is 17.5 Å². The topological polar surface area (TPSA) is 55.1 Å². The Hall–Kier alpha value is -1.87. The number of benzene rings is 2. The van der Waals surface area contributed by atoms with Crippen molar-refractivity contribution in [1.29, 1.82) is 0 Å². The first-order valence-electron chi connectivity index (χ1n) is 7.57. The molecule has 1 unspecified atom stereocenters. The average molecular weight is 284 g/mol. The predicted octanol–water partition coefficient (Wildman–Crippen LogP) is 3.79. The largest absolute Gasteiger partial charge is 0.330 e. The monoisotopic (exact) mass is 284 g/mol. The standard InChI is InChI=1S/C18H24N2O/c1-13(2)9-14(12-19)10-18(21)20-17-8-7-15-5-3-4-6-16(15)11-17/h3-8,11,13-14H,9-10,12,19H2,1-2H3,(H,20,21). The van der Waals surface area contributed by atoms with Crippen LogP contribution in [0.3, 0.4) is 0 Å². The zero-order chi connectivity index (χ0) is 15.2. The minimum Gasteiger partial charge on any atom is -0.330 e. The van der Waals surface area contributed by atoms with Crippen LogP contribution in [-0.4, -0.2) is 12.5 Å². The fourth-order valence-corrected chi connectivity index (χ4v) is 2.67. The lowest BCUT2D eigenvalue weighted by atomic mass is 9.94. The number of hydrogen-bond donors (Lipinski definition) is 2. The lowest BCUT2D eigenvalue weighted by Crippen LogP contribution is -2.23. The van der Waals surface area contributed by atoms with Gasteiger partial charge in [-0.15, -0.1) is 0 Å². The number of carbonyl (C=O) groups is 1. The Balaban J connectivity index is 2.00. The third kappa shape index (κ3) is 4.57. The van der Waals surface area contributed by atoms with Gasteiger partial charge >= 0.3 is 0 Å². The summed E-state index contributed by atoms with van der Waals surface area (Å²) in [6.45, 7) is 4.87. The minimum absolute atomic E-state index is 0.0429. The third-order valence-corrected chi connectivity index (χ3v) is 3.65. The number of anilines is 1. The van der Waals surface area contributed by atoms with Crippen molar-refractivity contribution in [1.82, 2.24) is 0 Å². The van der Waals surface area contributed by atoms with Crippen LogP contribution in [-0.2, 0) is 4.79 Å². The summed E-state index contributed by atoms with van der Waals surface area (Å²) in [7, 11) is 0. The van der Waals surface area contributed by atoms with Crippen LogP contribution in [0.4, 0.5) is 5.69 Å². The van der Waals surface area contributed by atoms with Gasteiger partial charge in [-0.2, -0.15) is 0 Å². The van der Waals surface area contributed by atoms with Crippen LogP contribution < -0.4 is 11.1 Å². The minimum atomic E-state index is 0.0429. The second-order valence-corrected chi connectivity index (χ2v) is 6.05. The summed E-state index contributed by atoms with van der Waals surface area (Å²) in [4.78, 5) is 12.1. The maximum absolute atomic E-state index is 12.1. The van der Waals surface area contributed by atoms with E-state index in [9.17, 15) is 4.79 Å². The Morgan fingerprint density at radius 3 is 2.52 bits per heavy atom. The average Bonchev–Trinajstić information content (AvgIpc) is 2.45. The highest BCUT2D eigenvalue weighted by atomic mass is 16.1. The first-order chi connectivity index (χ1) is 10.1. The van der Waals surface area contributed by atoms with Gasteiger partial charge in [0.15, 0.2) is 0 Å². The highest BCUT2D eigenvalue weighted by molar-refractivity contribution is 5.94. The first kappa shape index (κ1) is 15.5. The number of rotatable bonds is 6. The molecule has 0 fully saturated rings. The molecule has 0 aliphatic carbocycles. The molecule has 0 bridgehead atoms. The summed E-state index contributed by atoms with van der Waals surface area (Å²) < 4.78 is 0. The Bertz CT molecular complexity index is 607. The Labute approximate surface area is 126 Å². The number of carbonyl (C=O) groups excluding carboxylic acids is 1. The molecule has 0 spiro atoms. The summed E-state index contributed by atoms with van der Waals surface area (Å²) in [5.74, 6) is 0.860. The lowest BCUT2D eigenvalue weighted by Gasteiger charge is -2.16. The molecule has 2 aromatic rings. The maximum Gasteiger partial charge on any atom is 0.224 e. The van der Waals surface area contributed by atoms with Crippen LogP contribution >= 0.6 is 0 Å². The molecule has 112 valence electrons. The van der Waals surface area contributed by atoms with Gasteiger partial charge < -0.3 is 11.1 Å². The van der Waals surface area contributed by atoms with Crippen LogP contribution in [0.2, 0.25) is 0 Å². The molecule has 0 heterocycles. The molecule has 0 saturated carbocycles. The zero-order valence-electron chi connectivity index (χ0n) is 12.8. The van der Waals surface area contributed by atoms with Crippen LogP contribution in [0.1, 0.15) is 26.7 Å². The molecular formula is C18H24N2O. The summed E-state index contributed by atoms with van der Waals surface area (Å²) >= 11 is 0. The Kier molecular flexibility index (Phi) is 5.34. The third-order valence-electron chi connectivity index (χ3n) is 3.65. The van der Waals surface area contributed by atoms with Gasteiger partial charge in [-0.1, -0.05) is 44.2 Å². The van der Waals surface area contributed by atoms with E-state index in [1.165, 1.54) is 5.39 Å². The molecule has 3 nitrogen and oxygen atoms in total. The van der Waals surface area contributed by atoms with Gasteiger partial charge in [0, 0.05) is 12.1 Å². The quantitative estimate of drug-likeness (QED) is 0.848. The van der Waals surface area contributed by atoms with E-state index >= 15 is 0 Å². The highest BCUT2D eigenvalue weighted by Crippen LogP contribution is 2.20. The molecule has 21 heavy (non-hydrogen) atoms.